The van der Waals surface area contributed by atoms with Gasteiger partial charge in [-0.2, -0.15) is 15.8 Å². The van der Waals surface area contributed by atoms with Crippen molar-refractivity contribution >= 4 is 11.8 Å². The van der Waals surface area contributed by atoms with Crippen LogP contribution >= 0.6 is 0 Å². The lowest BCUT2D eigenvalue weighted by Gasteiger charge is -2.54. The second-order valence-electron chi connectivity index (χ2n) is 7.72. The minimum absolute atomic E-state index is 0.382. The Hall–Kier alpha value is -3.57. The van der Waals surface area contributed by atoms with E-state index in [1.807, 2.05) is 18.2 Å². The van der Waals surface area contributed by atoms with Crippen LogP contribution in [0.3, 0.4) is 0 Å². The Morgan fingerprint density at radius 2 is 1.72 bits per heavy atom. The minimum Gasteiger partial charge on any atom is -0.497 e. The highest BCUT2D eigenvalue weighted by atomic mass is 16.5. The van der Waals surface area contributed by atoms with E-state index < -0.39 is 40.2 Å². The topological polar surface area (TPSA) is 139 Å². The number of carbonyl (C=O) groups is 2. The standard InChI is InChI=1S/C21H21N5O3/c1-12-17(15-5-7-16(29-4)8-6-15)19(9-22,10-23)20(11-24)13(2)21(12,25-14(3)27)26-18(20)28/h5-8,12-13,17H,1-4H3,(H,25,27)(H,26,28)/t12-,13+,17+,20+,21+/m0/s1. The molecule has 1 aliphatic carbocycles. The zero-order chi connectivity index (χ0) is 21.6. The summed E-state index contributed by atoms with van der Waals surface area (Å²) in [6.07, 6.45) is 0. The molecule has 2 amide bonds. The summed E-state index contributed by atoms with van der Waals surface area (Å²) in [6.45, 7) is 4.73. The van der Waals surface area contributed by atoms with Gasteiger partial charge in [0.05, 0.1) is 25.3 Å². The molecule has 2 bridgehead atoms. The number of fused-ring (bicyclic) bond motifs is 2. The van der Waals surface area contributed by atoms with Crippen LogP contribution in [0.2, 0.25) is 0 Å². The first-order valence-electron chi connectivity index (χ1n) is 9.19. The normalized spacial score (nSPS) is 34.1. The van der Waals surface area contributed by atoms with Crippen LogP contribution in [0.1, 0.15) is 32.3 Å². The molecule has 29 heavy (non-hydrogen) atoms. The van der Waals surface area contributed by atoms with Crippen molar-refractivity contribution in [3.63, 3.8) is 0 Å². The van der Waals surface area contributed by atoms with Crippen molar-refractivity contribution in [1.82, 2.24) is 10.6 Å². The van der Waals surface area contributed by atoms with Gasteiger partial charge in [0, 0.05) is 24.7 Å². The quantitative estimate of drug-likeness (QED) is 0.802. The Morgan fingerprint density at radius 3 is 2.17 bits per heavy atom. The molecule has 3 rings (SSSR count). The highest BCUT2D eigenvalue weighted by molar-refractivity contribution is 5.94. The number of nitrogens with zero attached hydrogens (tertiary/aromatic N) is 3. The molecule has 1 aromatic rings. The predicted octanol–water partition coefficient (Wildman–Crippen LogP) is 1.57. The van der Waals surface area contributed by atoms with E-state index >= 15 is 0 Å². The van der Waals surface area contributed by atoms with Gasteiger partial charge in [-0.15, -0.1) is 0 Å². The van der Waals surface area contributed by atoms with Crippen LogP contribution in [0, 0.1) is 56.7 Å². The molecular weight excluding hydrogens is 370 g/mol. The second kappa shape index (κ2) is 6.50. The third-order valence-electron chi connectivity index (χ3n) is 6.70. The number of ether oxygens (including phenoxy) is 1. The fourth-order valence-electron chi connectivity index (χ4n) is 5.32. The summed E-state index contributed by atoms with van der Waals surface area (Å²) in [5.41, 5.74) is -4.55. The van der Waals surface area contributed by atoms with E-state index in [4.69, 9.17) is 4.74 Å². The molecule has 1 saturated carbocycles. The highest BCUT2D eigenvalue weighted by Crippen LogP contribution is 2.66. The smallest absolute Gasteiger partial charge is 0.245 e. The lowest BCUT2D eigenvalue weighted by Crippen LogP contribution is -2.69. The Bertz CT molecular complexity index is 985. The maximum Gasteiger partial charge on any atom is 0.245 e. The number of hydrogen-bond donors (Lipinski definition) is 2. The zero-order valence-corrected chi connectivity index (χ0v) is 16.6. The van der Waals surface area contributed by atoms with Crippen molar-refractivity contribution in [2.75, 3.05) is 7.11 Å². The lowest BCUT2D eigenvalue weighted by molar-refractivity contribution is -0.131. The van der Waals surface area contributed by atoms with E-state index in [0.717, 1.165) is 0 Å². The van der Waals surface area contributed by atoms with E-state index in [-0.39, 0.29) is 5.91 Å². The third-order valence-corrected chi connectivity index (χ3v) is 6.70. The third kappa shape index (κ3) is 2.22. The summed E-state index contributed by atoms with van der Waals surface area (Å²) in [6, 6.07) is 12.9. The average Bonchev–Trinajstić information content (AvgIpc) is 2.89. The van der Waals surface area contributed by atoms with E-state index in [1.54, 1.807) is 38.1 Å². The van der Waals surface area contributed by atoms with Crippen molar-refractivity contribution < 1.29 is 14.3 Å². The van der Waals surface area contributed by atoms with Crippen molar-refractivity contribution in [2.45, 2.75) is 32.4 Å². The molecule has 1 aliphatic heterocycles. The van der Waals surface area contributed by atoms with E-state index in [1.165, 1.54) is 14.0 Å². The van der Waals surface area contributed by atoms with Crippen LogP contribution in [-0.4, -0.2) is 24.6 Å². The zero-order valence-electron chi connectivity index (χ0n) is 16.6. The molecule has 1 saturated heterocycles. The molecule has 1 aromatic carbocycles. The van der Waals surface area contributed by atoms with Gasteiger partial charge in [-0.1, -0.05) is 26.0 Å². The fraction of sp³-hybridized carbons (Fsp3) is 0.476. The fourth-order valence-corrected chi connectivity index (χ4v) is 5.32. The highest BCUT2D eigenvalue weighted by Gasteiger charge is 2.80. The second-order valence-corrected chi connectivity index (χ2v) is 7.72. The van der Waals surface area contributed by atoms with Crippen LogP contribution in [0.4, 0.5) is 0 Å². The molecule has 2 N–H and O–H groups in total. The van der Waals surface area contributed by atoms with Crippen molar-refractivity contribution in [3.05, 3.63) is 29.8 Å². The van der Waals surface area contributed by atoms with Crippen LogP contribution in [-0.2, 0) is 9.59 Å². The summed E-state index contributed by atoms with van der Waals surface area (Å²) in [7, 11) is 1.52. The molecule has 5 atom stereocenters. The average molecular weight is 391 g/mol. The Morgan fingerprint density at radius 1 is 1.14 bits per heavy atom. The monoisotopic (exact) mass is 391 g/mol. The molecule has 2 aliphatic rings. The van der Waals surface area contributed by atoms with Crippen LogP contribution in [0.25, 0.3) is 0 Å². The Kier molecular flexibility index (Phi) is 4.52. The van der Waals surface area contributed by atoms with Gasteiger partial charge in [-0.05, 0) is 17.7 Å². The first-order chi connectivity index (χ1) is 13.7. The van der Waals surface area contributed by atoms with E-state index in [2.05, 4.69) is 10.6 Å². The number of benzene rings is 1. The number of carbonyl (C=O) groups excluding carboxylic acids is 2. The Balaban J connectivity index is 2.36. The number of rotatable bonds is 3. The largest absolute Gasteiger partial charge is 0.497 e. The number of methoxy groups -OCH3 is 1. The van der Waals surface area contributed by atoms with E-state index in [0.29, 0.717) is 11.3 Å². The summed E-state index contributed by atoms with van der Waals surface area (Å²) >= 11 is 0. The van der Waals surface area contributed by atoms with Gasteiger partial charge in [0.15, 0.2) is 10.8 Å². The summed E-state index contributed by atoms with van der Waals surface area (Å²) in [5.74, 6) is -2.68. The number of nitrogens with one attached hydrogen (secondary N) is 2. The number of hydrogen-bond acceptors (Lipinski definition) is 6. The SMILES string of the molecule is COc1ccc([C@H]2[C@H](C)[C@@]3(NC(C)=O)NC(=O)[C@@](C#N)([C@H]3C)C2(C#N)C#N)cc1. The number of amides is 2. The molecular formula is C21H21N5O3. The molecule has 8 heteroatoms. The first kappa shape index (κ1) is 20.2. The predicted molar refractivity (Wildman–Crippen MR) is 100 cm³/mol. The molecule has 2 fully saturated rings. The molecule has 1 heterocycles. The lowest BCUT2D eigenvalue weighted by atomic mass is 9.44. The van der Waals surface area contributed by atoms with Gasteiger partial charge in [0.2, 0.25) is 11.8 Å². The molecule has 0 unspecified atom stereocenters. The molecule has 8 nitrogen and oxygen atoms in total. The van der Waals surface area contributed by atoms with E-state index in [9.17, 15) is 25.4 Å². The first-order valence-corrected chi connectivity index (χ1v) is 9.19. The molecule has 148 valence electrons. The van der Waals surface area contributed by atoms with Crippen molar-refractivity contribution in [2.24, 2.45) is 22.7 Å². The van der Waals surface area contributed by atoms with Gasteiger partial charge in [0.25, 0.3) is 0 Å². The summed E-state index contributed by atoms with van der Waals surface area (Å²) in [4.78, 5) is 25.2. The summed E-state index contributed by atoms with van der Waals surface area (Å²) < 4.78 is 5.18. The number of nitriles is 3. The van der Waals surface area contributed by atoms with Gasteiger partial charge in [-0.25, -0.2) is 0 Å². The van der Waals surface area contributed by atoms with Crippen LogP contribution in [0.5, 0.6) is 5.75 Å². The van der Waals surface area contributed by atoms with Crippen molar-refractivity contribution in [1.29, 1.82) is 15.8 Å². The van der Waals surface area contributed by atoms with Crippen LogP contribution < -0.4 is 15.4 Å². The van der Waals surface area contributed by atoms with Gasteiger partial charge in [-0.3, -0.25) is 9.59 Å². The maximum atomic E-state index is 13.2. The molecule has 0 spiro atoms. The minimum atomic E-state index is -1.95. The maximum absolute atomic E-state index is 13.2. The molecule has 0 aromatic heterocycles. The Labute approximate surface area is 169 Å². The van der Waals surface area contributed by atoms with Gasteiger partial charge >= 0.3 is 0 Å². The van der Waals surface area contributed by atoms with Gasteiger partial charge in [0.1, 0.15) is 11.4 Å². The van der Waals surface area contributed by atoms with Gasteiger partial charge < -0.3 is 15.4 Å². The van der Waals surface area contributed by atoms with Crippen molar-refractivity contribution in [3.8, 4) is 24.0 Å². The molecule has 0 radical (unpaired) electrons. The van der Waals surface area contributed by atoms with Crippen LogP contribution in [0.15, 0.2) is 24.3 Å². The summed E-state index contributed by atoms with van der Waals surface area (Å²) in [5, 5.41) is 36.1.